The monoisotopic (exact) mass is 438 g/mol. The van der Waals surface area contributed by atoms with Gasteiger partial charge in [0.25, 0.3) is 16.1 Å². The maximum Gasteiger partial charge on any atom is 0.282 e. The minimum Gasteiger partial charge on any atom is -0.335 e. The van der Waals surface area contributed by atoms with E-state index in [1.807, 2.05) is 38.6 Å². The molecule has 30 heavy (non-hydrogen) atoms. The Bertz CT molecular complexity index is 886. The molecule has 9 nitrogen and oxygen atoms in total. The quantitative estimate of drug-likeness (QED) is 0.693. The number of aromatic nitrogens is 2. The molecule has 0 atom stereocenters. The third kappa shape index (κ3) is 4.28. The van der Waals surface area contributed by atoms with Crippen LogP contribution >= 0.6 is 0 Å². The van der Waals surface area contributed by atoms with Gasteiger partial charge in [-0.25, -0.2) is 0 Å². The van der Waals surface area contributed by atoms with Crippen molar-refractivity contribution >= 4 is 16.1 Å². The minimum absolute atomic E-state index is 0.0547. The van der Waals surface area contributed by atoms with E-state index >= 15 is 0 Å². The Morgan fingerprint density at radius 2 is 1.50 bits per heavy atom. The van der Waals surface area contributed by atoms with Gasteiger partial charge in [-0.3, -0.25) is 9.48 Å². The van der Waals surface area contributed by atoms with Gasteiger partial charge in [0.2, 0.25) is 0 Å². The van der Waals surface area contributed by atoms with Crippen LogP contribution in [0.25, 0.3) is 0 Å². The van der Waals surface area contributed by atoms with Crippen LogP contribution in [0, 0.1) is 0 Å². The predicted octanol–water partition coefficient (Wildman–Crippen LogP) is 0.766. The summed E-state index contributed by atoms with van der Waals surface area (Å²) in [6, 6.07) is 1.94. The Labute approximate surface area is 179 Å². The number of carbonyl (C=O) groups is 1. The fourth-order valence-corrected chi connectivity index (χ4v) is 5.68. The molecule has 168 valence electrons. The summed E-state index contributed by atoms with van der Waals surface area (Å²) < 4.78 is 30.9. The molecule has 0 aromatic carbocycles. The van der Waals surface area contributed by atoms with Crippen LogP contribution in [0.3, 0.4) is 0 Å². The molecule has 0 unspecified atom stereocenters. The fraction of sp³-hybridized carbons (Fsp3) is 0.800. The van der Waals surface area contributed by atoms with Crippen LogP contribution in [0.2, 0.25) is 0 Å². The lowest BCUT2D eigenvalue weighted by Gasteiger charge is -2.39. The van der Waals surface area contributed by atoms with Crippen molar-refractivity contribution in [2.75, 3.05) is 59.4 Å². The second kappa shape index (κ2) is 7.89. The summed E-state index contributed by atoms with van der Waals surface area (Å²) in [5.74, 6) is 0.423. The molecule has 0 spiro atoms. The van der Waals surface area contributed by atoms with Crippen molar-refractivity contribution in [3.63, 3.8) is 0 Å². The molecule has 3 aliphatic rings. The van der Waals surface area contributed by atoms with Gasteiger partial charge >= 0.3 is 0 Å². The van der Waals surface area contributed by atoms with Crippen molar-refractivity contribution in [3.8, 4) is 0 Å². The number of hydrogen-bond donors (Lipinski definition) is 0. The van der Waals surface area contributed by atoms with Crippen LogP contribution < -0.4 is 0 Å². The molecule has 1 amide bonds. The summed E-state index contributed by atoms with van der Waals surface area (Å²) >= 11 is 0. The molecule has 0 N–H and O–H groups in total. The second-order valence-electron chi connectivity index (χ2n) is 9.71. The van der Waals surface area contributed by atoms with Gasteiger partial charge in [0.05, 0.1) is 11.2 Å². The summed E-state index contributed by atoms with van der Waals surface area (Å²) in [6.07, 6.45) is 2.27. The zero-order valence-electron chi connectivity index (χ0n) is 18.5. The molecule has 1 aromatic heterocycles. The highest BCUT2D eigenvalue weighted by Crippen LogP contribution is 2.40. The number of amides is 1. The lowest BCUT2D eigenvalue weighted by molar-refractivity contribution is 0.0672. The molecule has 0 bridgehead atoms. The number of hydrogen-bond acceptors (Lipinski definition) is 5. The molecule has 1 saturated carbocycles. The van der Waals surface area contributed by atoms with Crippen molar-refractivity contribution in [3.05, 3.63) is 17.5 Å². The third-order valence-electron chi connectivity index (χ3n) is 6.22. The smallest absolute Gasteiger partial charge is 0.282 e. The minimum atomic E-state index is -3.47. The predicted molar refractivity (Wildman–Crippen MR) is 115 cm³/mol. The van der Waals surface area contributed by atoms with Gasteiger partial charge in [0.15, 0.2) is 0 Å². The first-order valence-corrected chi connectivity index (χ1v) is 12.3. The normalized spacial score (nSPS) is 23.1. The van der Waals surface area contributed by atoms with Gasteiger partial charge in [0, 0.05) is 58.3 Å². The largest absolute Gasteiger partial charge is 0.335 e. The van der Waals surface area contributed by atoms with Gasteiger partial charge in [-0.15, -0.1) is 0 Å². The average Bonchev–Trinajstić information content (AvgIpc) is 3.45. The molecular weight excluding hydrogens is 404 g/mol. The van der Waals surface area contributed by atoms with E-state index in [1.165, 1.54) is 4.31 Å². The van der Waals surface area contributed by atoms with Crippen molar-refractivity contribution < 1.29 is 13.2 Å². The lowest BCUT2D eigenvalue weighted by atomic mass is 10.1. The van der Waals surface area contributed by atoms with Gasteiger partial charge in [0.1, 0.15) is 5.69 Å². The topological polar surface area (TPSA) is 82.0 Å². The Morgan fingerprint density at radius 3 is 2.00 bits per heavy atom. The summed E-state index contributed by atoms with van der Waals surface area (Å²) in [4.78, 5) is 17.2. The van der Waals surface area contributed by atoms with Crippen molar-refractivity contribution in [1.82, 2.24) is 28.2 Å². The van der Waals surface area contributed by atoms with Crippen LogP contribution in [-0.4, -0.2) is 102 Å². The molecule has 3 fully saturated rings. The first-order valence-electron chi connectivity index (χ1n) is 10.9. The molecule has 4 rings (SSSR count). The second-order valence-corrected chi connectivity index (χ2v) is 11.6. The summed E-state index contributed by atoms with van der Waals surface area (Å²) in [6.45, 7) is 10.2. The number of carbonyl (C=O) groups excluding carboxylic acids is 1. The highest BCUT2D eigenvalue weighted by molar-refractivity contribution is 7.86. The zero-order chi connectivity index (χ0) is 21.7. The van der Waals surface area contributed by atoms with E-state index in [-0.39, 0.29) is 11.4 Å². The van der Waals surface area contributed by atoms with Gasteiger partial charge in [-0.05, 0) is 46.7 Å². The zero-order valence-corrected chi connectivity index (χ0v) is 19.4. The average molecular weight is 439 g/mol. The van der Waals surface area contributed by atoms with Gasteiger partial charge in [-0.2, -0.15) is 22.1 Å². The van der Waals surface area contributed by atoms with Gasteiger partial charge < -0.3 is 9.80 Å². The van der Waals surface area contributed by atoms with E-state index in [9.17, 15) is 13.2 Å². The molecule has 1 aromatic rings. The Kier molecular flexibility index (Phi) is 5.71. The van der Waals surface area contributed by atoms with Crippen LogP contribution in [0.15, 0.2) is 6.07 Å². The molecule has 2 aliphatic heterocycles. The van der Waals surface area contributed by atoms with E-state index < -0.39 is 10.2 Å². The molecular formula is C20H34N6O3S. The first-order chi connectivity index (χ1) is 14.1. The lowest BCUT2D eigenvalue weighted by Crippen LogP contribution is -2.57. The molecule has 0 radical (unpaired) electrons. The van der Waals surface area contributed by atoms with Gasteiger partial charge in [-0.1, -0.05) is 0 Å². The number of likely N-dealkylation sites (N-methyl/N-ethyl adjacent to an activating group) is 1. The van der Waals surface area contributed by atoms with Crippen LogP contribution in [0.5, 0.6) is 0 Å². The van der Waals surface area contributed by atoms with Crippen molar-refractivity contribution in [1.29, 1.82) is 0 Å². The standard InChI is InChI=1S/C20H34N6O3S/c1-20(2,3)26-18(15-17(21-26)16-5-6-16)19(27)23-9-13-25(14-10-23)30(28,29)24-11-7-22(4)8-12-24/h15-16H,5-14H2,1-4H3. The highest BCUT2D eigenvalue weighted by atomic mass is 32.2. The van der Waals surface area contributed by atoms with Crippen molar-refractivity contribution in [2.24, 2.45) is 0 Å². The number of piperazine rings is 2. The summed E-state index contributed by atoms with van der Waals surface area (Å²) in [7, 11) is -1.46. The van der Waals surface area contributed by atoms with Crippen LogP contribution in [0.4, 0.5) is 0 Å². The fourth-order valence-electron chi connectivity index (χ4n) is 4.11. The molecule has 2 saturated heterocycles. The van der Waals surface area contributed by atoms with Crippen molar-refractivity contribution in [2.45, 2.75) is 45.1 Å². The van der Waals surface area contributed by atoms with E-state index in [0.29, 0.717) is 50.9 Å². The number of nitrogens with zero attached hydrogens (tertiary/aromatic N) is 6. The Balaban J connectivity index is 1.44. The van der Waals surface area contributed by atoms with E-state index in [2.05, 4.69) is 4.90 Å². The van der Waals surface area contributed by atoms with E-state index in [0.717, 1.165) is 31.6 Å². The van der Waals surface area contributed by atoms with E-state index in [4.69, 9.17) is 5.10 Å². The maximum absolute atomic E-state index is 13.3. The Morgan fingerprint density at radius 1 is 0.967 bits per heavy atom. The Hall–Kier alpha value is -1.49. The maximum atomic E-state index is 13.3. The number of rotatable bonds is 4. The SMILES string of the molecule is CN1CCN(S(=O)(=O)N2CCN(C(=O)c3cc(C4CC4)nn3C(C)(C)C)CC2)CC1. The third-order valence-corrected chi connectivity index (χ3v) is 8.25. The summed E-state index contributed by atoms with van der Waals surface area (Å²) in [5.41, 5.74) is 1.33. The molecule has 1 aliphatic carbocycles. The molecule has 10 heteroatoms. The van der Waals surface area contributed by atoms with E-state index in [1.54, 1.807) is 9.21 Å². The highest BCUT2D eigenvalue weighted by Gasteiger charge is 2.37. The molecule has 3 heterocycles. The van der Waals surface area contributed by atoms with Crippen LogP contribution in [-0.2, 0) is 15.7 Å². The first kappa shape index (κ1) is 21.7. The summed E-state index contributed by atoms with van der Waals surface area (Å²) in [5, 5.41) is 4.73. The van der Waals surface area contributed by atoms with Crippen LogP contribution in [0.1, 0.15) is 55.7 Å².